The molecule has 0 radical (unpaired) electrons. The molecule has 4 heteroatoms. The van der Waals surface area contributed by atoms with Gasteiger partial charge in [0.1, 0.15) is 0 Å². The van der Waals surface area contributed by atoms with E-state index < -0.39 is 0 Å². The van der Waals surface area contributed by atoms with Gasteiger partial charge in [-0.3, -0.25) is 0 Å². The smallest absolute Gasteiger partial charge is 0.663 e. The van der Waals surface area contributed by atoms with E-state index in [1.54, 1.807) is 0 Å². The number of aryl methyl sites for hydroxylation is 1. The first-order chi connectivity index (χ1) is 10.1. The van der Waals surface area contributed by atoms with Crippen molar-refractivity contribution in [3.05, 3.63) is 45.8 Å². The van der Waals surface area contributed by atoms with Gasteiger partial charge in [-0.25, -0.2) is 12.1 Å². The first kappa shape index (κ1) is 29.9. The molecule has 0 amide bonds. The van der Waals surface area contributed by atoms with Gasteiger partial charge in [0.25, 0.3) is 0 Å². The van der Waals surface area contributed by atoms with E-state index in [4.69, 9.17) is 0 Å². The van der Waals surface area contributed by atoms with Crippen molar-refractivity contribution < 1.29 is 21.7 Å². The topological polar surface area (TPSA) is 42.3 Å². The fraction of sp³-hybridized carbons (Fsp3) is 0.722. The van der Waals surface area contributed by atoms with E-state index in [-0.39, 0.29) is 21.7 Å². The second-order valence-electron chi connectivity index (χ2n) is 4.03. The van der Waals surface area contributed by atoms with Gasteiger partial charge in [-0.05, 0) is 0 Å². The predicted octanol–water partition coefficient (Wildman–Crippen LogP) is 5.91. The van der Waals surface area contributed by atoms with Crippen molar-refractivity contribution in [3.63, 3.8) is 0 Å². The third-order valence-electron chi connectivity index (χ3n) is 2.17. The van der Waals surface area contributed by atoms with Crippen molar-refractivity contribution in [1.29, 1.82) is 0 Å². The zero-order chi connectivity index (χ0) is 16.8. The zero-order valence-corrected chi connectivity index (χ0v) is 17.5. The largest absolute Gasteiger partial charge is 4.00 e. The van der Waals surface area contributed by atoms with Crippen molar-refractivity contribution in [2.24, 2.45) is 0 Å². The first-order valence-corrected chi connectivity index (χ1v) is 8.22. The van der Waals surface area contributed by atoms with Crippen LogP contribution in [0.2, 0.25) is 0 Å². The molecule has 0 fully saturated rings. The molecule has 0 aliphatic carbocycles. The molecule has 0 aliphatic heterocycles. The molecule has 1 rings (SSSR count). The molecule has 0 saturated heterocycles. The van der Waals surface area contributed by atoms with Crippen LogP contribution in [0.25, 0.3) is 16.0 Å². The Bertz CT molecular complexity index is 206. The van der Waals surface area contributed by atoms with Crippen molar-refractivity contribution in [2.45, 2.75) is 48.5 Å². The van der Waals surface area contributed by atoms with Crippen molar-refractivity contribution in [3.8, 4) is 0 Å². The Morgan fingerprint density at radius 1 is 0.591 bits per heavy atom. The van der Waals surface area contributed by atoms with Crippen LogP contribution in [-0.4, -0.2) is 39.3 Å². The van der Waals surface area contributed by atoms with Crippen LogP contribution >= 0.6 is 0 Å². The van der Waals surface area contributed by atoms with Crippen LogP contribution in [0.3, 0.4) is 0 Å². The molecule has 0 saturated carbocycles. The van der Waals surface area contributed by atoms with Crippen LogP contribution in [0.15, 0.2) is 24.3 Å². The molecule has 0 N–H and O–H groups in total. The quantitative estimate of drug-likeness (QED) is 0.455. The van der Waals surface area contributed by atoms with Gasteiger partial charge in [0.05, 0.1) is 0 Å². The Morgan fingerprint density at radius 2 is 0.818 bits per heavy atom. The molecule has 1 aromatic rings. The molecule has 0 aliphatic rings. The summed E-state index contributed by atoms with van der Waals surface area (Å²) in [7, 11) is 0. The van der Waals surface area contributed by atoms with Crippen molar-refractivity contribution in [2.75, 3.05) is 39.3 Å². The van der Waals surface area contributed by atoms with Crippen LogP contribution < -0.4 is 0 Å². The molecule has 22 heavy (non-hydrogen) atoms. The number of rotatable bonds is 6. The molecular formula is C18H37N3Ti. The Morgan fingerprint density at radius 3 is 0.864 bits per heavy atom. The minimum absolute atomic E-state index is 0. The van der Waals surface area contributed by atoms with Gasteiger partial charge >= 0.3 is 21.7 Å². The van der Waals surface area contributed by atoms with Gasteiger partial charge in [-0.2, -0.15) is 57.0 Å². The van der Waals surface area contributed by atoms with E-state index in [0.717, 1.165) is 39.3 Å². The van der Waals surface area contributed by atoms with Crippen molar-refractivity contribution in [1.82, 2.24) is 0 Å². The molecule has 1 aromatic carbocycles. The van der Waals surface area contributed by atoms with E-state index in [2.05, 4.69) is 35.0 Å². The van der Waals surface area contributed by atoms with Crippen LogP contribution in [0, 0.1) is 6.92 Å². The Kier molecular flexibility index (Phi) is 44.5. The summed E-state index contributed by atoms with van der Waals surface area (Å²) >= 11 is 0. The summed E-state index contributed by atoms with van der Waals surface area (Å²) in [5.41, 5.74) is 1.34. The van der Waals surface area contributed by atoms with Gasteiger partial charge in [0.2, 0.25) is 0 Å². The molecular weight excluding hydrogens is 306 g/mol. The molecule has 128 valence electrons. The van der Waals surface area contributed by atoms with Gasteiger partial charge in [0, 0.05) is 0 Å². The Balaban J connectivity index is -0.0000000973. The van der Waals surface area contributed by atoms with Gasteiger partial charge in [-0.1, -0.05) is 48.5 Å². The number of nitrogens with zero attached hydrogens (tertiary/aromatic N) is 3. The Labute approximate surface area is 155 Å². The van der Waals surface area contributed by atoms with Crippen LogP contribution in [-0.2, 0) is 21.7 Å². The van der Waals surface area contributed by atoms with E-state index in [9.17, 15) is 0 Å². The fourth-order valence-corrected chi connectivity index (χ4v) is 1.14. The van der Waals surface area contributed by atoms with Crippen LogP contribution in [0.1, 0.15) is 47.1 Å². The molecule has 0 atom stereocenters. The monoisotopic (exact) mass is 343 g/mol. The molecule has 0 aromatic heterocycles. The predicted molar refractivity (Wildman–Crippen MR) is 100 cm³/mol. The molecule has 0 heterocycles. The number of hydrogen-bond donors (Lipinski definition) is 0. The second kappa shape index (κ2) is 32.8. The average Bonchev–Trinajstić information content (AvgIpc) is 2.95. The van der Waals surface area contributed by atoms with Crippen LogP contribution in [0.5, 0.6) is 0 Å². The molecule has 0 unspecified atom stereocenters. The zero-order valence-electron chi connectivity index (χ0n) is 15.9. The van der Waals surface area contributed by atoms with Gasteiger partial charge in [0.15, 0.2) is 0 Å². The van der Waals surface area contributed by atoms with E-state index in [1.165, 1.54) is 5.56 Å². The summed E-state index contributed by atoms with van der Waals surface area (Å²) in [6, 6.07) is 8.24. The SMILES string of the molecule is CC[N-]CC.CC[N-]CC.CC[N-]CC.C[c-]1cccc1.[Ti+4]. The summed E-state index contributed by atoms with van der Waals surface area (Å²) < 4.78 is 0. The summed E-state index contributed by atoms with van der Waals surface area (Å²) in [4.78, 5) is 0. The van der Waals surface area contributed by atoms with Crippen molar-refractivity contribution >= 4 is 0 Å². The average molecular weight is 343 g/mol. The van der Waals surface area contributed by atoms with E-state index in [0.29, 0.717) is 0 Å². The Hall–Kier alpha value is -0.0557. The molecule has 3 nitrogen and oxygen atoms in total. The molecule has 0 spiro atoms. The van der Waals surface area contributed by atoms with E-state index in [1.807, 2.05) is 53.7 Å². The third kappa shape index (κ3) is 42.7. The first-order valence-electron chi connectivity index (χ1n) is 8.22. The standard InChI is InChI=1S/C6H7.3C4H10N.Ti/c1-6-4-2-3-5-6;3*1-3-5-4-2;/h2-5H,1H3;3*3-4H2,1-2H3;/q4*-1;+4. The maximum atomic E-state index is 3.97. The summed E-state index contributed by atoms with van der Waals surface area (Å²) in [6.45, 7) is 20.2. The maximum absolute atomic E-state index is 3.97. The number of hydrogen-bond acceptors (Lipinski definition) is 0. The summed E-state index contributed by atoms with van der Waals surface area (Å²) in [5.74, 6) is 0. The second-order valence-corrected chi connectivity index (χ2v) is 4.03. The summed E-state index contributed by atoms with van der Waals surface area (Å²) in [6.07, 6.45) is 0. The van der Waals surface area contributed by atoms with Crippen LogP contribution in [0.4, 0.5) is 0 Å². The summed E-state index contributed by atoms with van der Waals surface area (Å²) in [5, 5.41) is 11.9. The van der Waals surface area contributed by atoms with Gasteiger partial charge in [-0.15, -0.1) is 0 Å². The van der Waals surface area contributed by atoms with Gasteiger partial charge < -0.3 is 16.0 Å². The normalized spacial score (nSPS) is 8.14. The maximum Gasteiger partial charge on any atom is 4.00 e. The third-order valence-corrected chi connectivity index (χ3v) is 2.17. The minimum Gasteiger partial charge on any atom is -0.663 e. The minimum atomic E-state index is 0. The molecule has 0 bridgehead atoms. The van der Waals surface area contributed by atoms with E-state index >= 15 is 0 Å². The fourth-order valence-electron chi connectivity index (χ4n) is 1.14.